The standard InChI is InChI=1S/C15H21BrF2N2O/c1-15(2,20-5-7-21-8-6-20)13(19)9-10-12(17)4-3-11(16)14(10)18/h3-4,13H,5-9,19H2,1-2H3. The summed E-state index contributed by atoms with van der Waals surface area (Å²) in [5.41, 5.74) is 5.95. The molecule has 1 unspecified atom stereocenters. The summed E-state index contributed by atoms with van der Waals surface area (Å²) in [6.07, 6.45) is 0.154. The number of ether oxygens (including phenoxy) is 1. The van der Waals surface area contributed by atoms with Gasteiger partial charge < -0.3 is 10.5 Å². The van der Waals surface area contributed by atoms with E-state index in [-0.39, 0.29) is 28.0 Å². The van der Waals surface area contributed by atoms with Crippen LogP contribution in [0.15, 0.2) is 16.6 Å². The van der Waals surface area contributed by atoms with Crippen LogP contribution in [0.4, 0.5) is 8.78 Å². The molecule has 3 nitrogen and oxygen atoms in total. The average Bonchev–Trinajstić information content (AvgIpc) is 2.48. The zero-order chi connectivity index (χ0) is 15.6. The fourth-order valence-electron chi connectivity index (χ4n) is 2.60. The van der Waals surface area contributed by atoms with Gasteiger partial charge >= 0.3 is 0 Å². The Morgan fingerprint density at radius 3 is 2.57 bits per heavy atom. The summed E-state index contributed by atoms with van der Waals surface area (Å²) in [4.78, 5) is 2.22. The fraction of sp³-hybridized carbons (Fsp3) is 0.600. The van der Waals surface area contributed by atoms with Crippen LogP contribution in [0.2, 0.25) is 0 Å². The van der Waals surface area contributed by atoms with E-state index in [1.165, 1.54) is 12.1 Å². The molecule has 1 atom stereocenters. The van der Waals surface area contributed by atoms with Crippen molar-refractivity contribution in [2.45, 2.75) is 31.8 Å². The second-order valence-corrected chi connectivity index (χ2v) is 6.74. The third kappa shape index (κ3) is 3.62. The first-order valence-corrected chi connectivity index (χ1v) is 7.84. The predicted molar refractivity (Wildman–Crippen MR) is 82.2 cm³/mol. The molecule has 2 N–H and O–H groups in total. The van der Waals surface area contributed by atoms with Crippen molar-refractivity contribution in [3.63, 3.8) is 0 Å². The van der Waals surface area contributed by atoms with Crippen molar-refractivity contribution in [3.05, 3.63) is 33.8 Å². The van der Waals surface area contributed by atoms with Crippen molar-refractivity contribution in [3.8, 4) is 0 Å². The van der Waals surface area contributed by atoms with Crippen molar-refractivity contribution >= 4 is 15.9 Å². The zero-order valence-electron chi connectivity index (χ0n) is 12.3. The van der Waals surface area contributed by atoms with Crippen molar-refractivity contribution in [2.75, 3.05) is 26.3 Å². The molecule has 1 aliphatic rings. The van der Waals surface area contributed by atoms with Gasteiger partial charge in [-0.2, -0.15) is 0 Å². The minimum atomic E-state index is -0.566. The number of hydrogen-bond donors (Lipinski definition) is 1. The van der Waals surface area contributed by atoms with Gasteiger partial charge in [0.05, 0.1) is 17.7 Å². The maximum Gasteiger partial charge on any atom is 0.143 e. The minimum Gasteiger partial charge on any atom is -0.379 e. The van der Waals surface area contributed by atoms with Gasteiger partial charge in [0.25, 0.3) is 0 Å². The summed E-state index contributed by atoms with van der Waals surface area (Å²) >= 11 is 3.09. The van der Waals surface area contributed by atoms with Gasteiger partial charge in [0, 0.05) is 30.2 Å². The SMILES string of the molecule is CC(C)(C(N)Cc1c(F)ccc(Br)c1F)N1CCOCC1. The maximum absolute atomic E-state index is 14.1. The number of benzene rings is 1. The van der Waals surface area contributed by atoms with Crippen LogP contribution >= 0.6 is 15.9 Å². The second kappa shape index (κ2) is 6.69. The topological polar surface area (TPSA) is 38.5 Å². The number of rotatable bonds is 4. The van der Waals surface area contributed by atoms with E-state index in [2.05, 4.69) is 20.8 Å². The van der Waals surface area contributed by atoms with E-state index in [0.717, 1.165) is 13.1 Å². The summed E-state index contributed by atoms with van der Waals surface area (Å²) < 4.78 is 33.5. The third-order valence-corrected chi connectivity index (χ3v) is 4.91. The highest BCUT2D eigenvalue weighted by molar-refractivity contribution is 9.10. The van der Waals surface area contributed by atoms with Gasteiger partial charge in [-0.05, 0) is 48.3 Å². The van der Waals surface area contributed by atoms with E-state index in [1.807, 2.05) is 13.8 Å². The quantitative estimate of drug-likeness (QED) is 0.837. The van der Waals surface area contributed by atoms with E-state index in [0.29, 0.717) is 13.2 Å². The van der Waals surface area contributed by atoms with Crippen LogP contribution in [-0.2, 0) is 11.2 Å². The van der Waals surface area contributed by atoms with Crippen molar-refractivity contribution in [1.82, 2.24) is 4.90 Å². The maximum atomic E-state index is 14.1. The number of hydrogen-bond acceptors (Lipinski definition) is 3. The second-order valence-electron chi connectivity index (χ2n) is 5.89. The molecule has 0 spiro atoms. The fourth-order valence-corrected chi connectivity index (χ4v) is 2.97. The largest absolute Gasteiger partial charge is 0.379 e. The Hall–Kier alpha value is -0.560. The molecule has 0 aliphatic carbocycles. The first-order valence-electron chi connectivity index (χ1n) is 7.04. The highest BCUT2D eigenvalue weighted by Crippen LogP contribution is 2.26. The van der Waals surface area contributed by atoms with Crippen LogP contribution in [0.1, 0.15) is 19.4 Å². The minimum absolute atomic E-state index is 0.0400. The Bertz CT molecular complexity index is 505. The van der Waals surface area contributed by atoms with Crippen molar-refractivity contribution in [2.24, 2.45) is 5.73 Å². The van der Waals surface area contributed by atoms with Crippen LogP contribution in [0, 0.1) is 11.6 Å². The Balaban J connectivity index is 2.17. The lowest BCUT2D eigenvalue weighted by atomic mass is 9.87. The summed E-state index contributed by atoms with van der Waals surface area (Å²) in [7, 11) is 0. The summed E-state index contributed by atoms with van der Waals surface area (Å²) in [6, 6.07) is 2.25. The number of halogens is 3. The third-order valence-electron chi connectivity index (χ3n) is 4.30. The number of nitrogens with zero attached hydrogens (tertiary/aromatic N) is 1. The van der Waals surface area contributed by atoms with Gasteiger partial charge in [0.1, 0.15) is 11.6 Å². The number of nitrogens with two attached hydrogens (primary N) is 1. The molecule has 0 aromatic heterocycles. The lowest BCUT2D eigenvalue weighted by Crippen LogP contribution is -2.59. The lowest BCUT2D eigenvalue weighted by molar-refractivity contribution is -0.0187. The summed E-state index contributed by atoms with van der Waals surface area (Å²) in [6.45, 7) is 6.91. The van der Waals surface area contributed by atoms with Crippen LogP contribution in [-0.4, -0.2) is 42.8 Å². The zero-order valence-corrected chi connectivity index (χ0v) is 13.9. The Morgan fingerprint density at radius 1 is 1.33 bits per heavy atom. The van der Waals surface area contributed by atoms with E-state index in [9.17, 15) is 8.78 Å². The van der Waals surface area contributed by atoms with E-state index in [4.69, 9.17) is 10.5 Å². The highest BCUT2D eigenvalue weighted by atomic mass is 79.9. The highest BCUT2D eigenvalue weighted by Gasteiger charge is 2.35. The Kier molecular flexibility index (Phi) is 5.35. The van der Waals surface area contributed by atoms with E-state index in [1.54, 1.807) is 0 Å². The average molecular weight is 363 g/mol. The molecule has 1 aliphatic heterocycles. The monoisotopic (exact) mass is 362 g/mol. The molecule has 1 saturated heterocycles. The van der Waals surface area contributed by atoms with Crippen molar-refractivity contribution < 1.29 is 13.5 Å². The number of morpholine rings is 1. The van der Waals surface area contributed by atoms with Gasteiger partial charge in [-0.3, -0.25) is 4.90 Å². The molecule has 1 heterocycles. The molecule has 2 rings (SSSR count). The molecular formula is C15H21BrF2N2O. The summed E-state index contributed by atoms with van der Waals surface area (Å²) in [5, 5.41) is 0. The molecule has 0 amide bonds. The molecule has 118 valence electrons. The summed E-state index contributed by atoms with van der Waals surface area (Å²) in [5.74, 6) is -1.12. The molecular weight excluding hydrogens is 342 g/mol. The van der Waals surface area contributed by atoms with E-state index < -0.39 is 11.6 Å². The molecule has 21 heavy (non-hydrogen) atoms. The molecule has 1 aromatic rings. The van der Waals surface area contributed by atoms with Gasteiger partial charge in [-0.15, -0.1) is 0 Å². The molecule has 1 aromatic carbocycles. The van der Waals surface area contributed by atoms with E-state index >= 15 is 0 Å². The van der Waals surface area contributed by atoms with Crippen LogP contribution in [0.3, 0.4) is 0 Å². The van der Waals surface area contributed by atoms with Crippen LogP contribution < -0.4 is 5.73 Å². The molecule has 0 saturated carbocycles. The van der Waals surface area contributed by atoms with Crippen LogP contribution in [0.5, 0.6) is 0 Å². The first kappa shape index (κ1) is 16.8. The Labute approximate surface area is 132 Å². The van der Waals surface area contributed by atoms with Crippen molar-refractivity contribution in [1.29, 1.82) is 0 Å². The Morgan fingerprint density at radius 2 is 1.95 bits per heavy atom. The van der Waals surface area contributed by atoms with Crippen LogP contribution in [0.25, 0.3) is 0 Å². The molecule has 1 fully saturated rings. The van der Waals surface area contributed by atoms with Gasteiger partial charge in [0.2, 0.25) is 0 Å². The molecule has 0 bridgehead atoms. The first-order chi connectivity index (χ1) is 9.84. The normalized spacial score (nSPS) is 18.8. The molecule has 0 radical (unpaired) electrons. The smallest absolute Gasteiger partial charge is 0.143 e. The van der Waals surface area contributed by atoms with Gasteiger partial charge in [0.15, 0.2) is 0 Å². The van der Waals surface area contributed by atoms with Gasteiger partial charge in [-0.1, -0.05) is 0 Å². The molecule has 6 heteroatoms. The predicted octanol–water partition coefficient (Wildman–Crippen LogP) is 2.71. The lowest BCUT2D eigenvalue weighted by Gasteiger charge is -2.44. The van der Waals surface area contributed by atoms with Gasteiger partial charge in [-0.25, -0.2) is 8.78 Å².